The molecule has 2 nitrogen and oxygen atoms in total. The van der Waals surface area contributed by atoms with Gasteiger partial charge in [-0.15, -0.1) is 0 Å². The molecule has 2 atom stereocenters. The van der Waals surface area contributed by atoms with Gasteiger partial charge in [0, 0.05) is 0 Å². The van der Waals surface area contributed by atoms with Crippen LogP contribution in [0.3, 0.4) is 0 Å². The summed E-state index contributed by atoms with van der Waals surface area (Å²) in [5.41, 5.74) is 0. The highest BCUT2D eigenvalue weighted by atomic mass is 16.4. The monoisotopic (exact) mass is 480 g/mol. The molecule has 0 aliphatic heterocycles. The van der Waals surface area contributed by atoms with Crippen LogP contribution in [0.4, 0.5) is 0 Å². The zero-order valence-electron chi connectivity index (χ0n) is 24.1. The Kier molecular flexibility index (Phi) is 25.2. The second-order valence-corrected chi connectivity index (χ2v) is 11.7. The van der Waals surface area contributed by atoms with Gasteiger partial charge in [0.05, 0.1) is 5.92 Å². The predicted molar refractivity (Wildman–Crippen MR) is 152 cm³/mol. The van der Waals surface area contributed by atoms with E-state index in [2.05, 4.69) is 27.7 Å². The first-order valence-electron chi connectivity index (χ1n) is 15.7. The second-order valence-electron chi connectivity index (χ2n) is 11.7. The van der Waals surface area contributed by atoms with Crippen LogP contribution in [-0.2, 0) is 4.79 Å². The molecule has 0 aliphatic carbocycles. The van der Waals surface area contributed by atoms with Crippen molar-refractivity contribution in [1.82, 2.24) is 0 Å². The fraction of sp³-hybridized carbons (Fsp3) is 0.969. The lowest BCUT2D eigenvalue weighted by Crippen LogP contribution is -2.18. The van der Waals surface area contributed by atoms with Gasteiger partial charge in [0.1, 0.15) is 0 Å². The molecule has 1 N–H and O–H groups in total. The number of hydrogen-bond donors (Lipinski definition) is 1. The molecule has 0 aromatic carbocycles. The van der Waals surface area contributed by atoms with Crippen LogP contribution in [0.2, 0.25) is 0 Å². The average molecular weight is 481 g/mol. The van der Waals surface area contributed by atoms with Crippen LogP contribution < -0.4 is 0 Å². The number of carbonyl (C=O) groups is 1. The number of rotatable bonds is 27. The van der Waals surface area contributed by atoms with Crippen LogP contribution in [-0.4, -0.2) is 11.1 Å². The molecule has 0 bridgehead atoms. The highest BCUT2D eigenvalue weighted by molar-refractivity contribution is 5.69. The Morgan fingerprint density at radius 1 is 0.529 bits per heavy atom. The summed E-state index contributed by atoms with van der Waals surface area (Å²) in [6.45, 7) is 9.14. The van der Waals surface area contributed by atoms with E-state index in [1.54, 1.807) is 0 Å². The maximum absolute atomic E-state index is 11.8. The highest BCUT2D eigenvalue weighted by Crippen LogP contribution is 2.27. The van der Waals surface area contributed by atoms with Crippen LogP contribution in [0.5, 0.6) is 0 Å². The molecule has 0 aromatic heterocycles. The smallest absolute Gasteiger partial charge is 0.306 e. The van der Waals surface area contributed by atoms with Gasteiger partial charge in [-0.2, -0.15) is 0 Å². The number of hydrogen-bond acceptors (Lipinski definition) is 1. The quantitative estimate of drug-likeness (QED) is 0.119. The Morgan fingerprint density at radius 3 is 1.32 bits per heavy atom. The molecule has 0 saturated heterocycles. The molecule has 0 radical (unpaired) electrons. The van der Waals surface area contributed by atoms with Crippen molar-refractivity contribution in [3.05, 3.63) is 0 Å². The van der Waals surface area contributed by atoms with Gasteiger partial charge < -0.3 is 5.11 Å². The van der Waals surface area contributed by atoms with Crippen molar-refractivity contribution in [2.75, 3.05) is 0 Å². The first-order chi connectivity index (χ1) is 16.5. The Balaban J connectivity index is 3.59. The van der Waals surface area contributed by atoms with Crippen LogP contribution in [0, 0.1) is 17.8 Å². The second kappa shape index (κ2) is 25.6. The van der Waals surface area contributed by atoms with Crippen molar-refractivity contribution in [3.63, 3.8) is 0 Å². The molecule has 0 rings (SSSR count). The van der Waals surface area contributed by atoms with E-state index in [1.807, 2.05) is 0 Å². The van der Waals surface area contributed by atoms with Gasteiger partial charge in [0.15, 0.2) is 0 Å². The molecular formula is C32H64O2. The van der Waals surface area contributed by atoms with Crippen LogP contribution in [0.15, 0.2) is 0 Å². The average Bonchev–Trinajstić information content (AvgIpc) is 2.80. The van der Waals surface area contributed by atoms with E-state index in [-0.39, 0.29) is 5.92 Å². The van der Waals surface area contributed by atoms with Crippen LogP contribution in [0.1, 0.15) is 182 Å². The summed E-state index contributed by atoms with van der Waals surface area (Å²) in [4.78, 5) is 11.8. The number of aliphatic carboxylic acids is 1. The summed E-state index contributed by atoms with van der Waals surface area (Å²) >= 11 is 0. The molecular weight excluding hydrogens is 416 g/mol. The predicted octanol–water partition coefficient (Wildman–Crippen LogP) is 11.4. The Labute approximate surface area is 215 Å². The Bertz CT molecular complexity index is 417. The largest absolute Gasteiger partial charge is 0.481 e. The minimum atomic E-state index is -0.553. The topological polar surface area (TPSA) is 37.3 Å². The number of carboxylic acids is 1. The van der Waals surface area contributed by atoms with Gasteiger partial charge in [-0.25, -0.2) is 0 Å². The maximum Gasteiger partial charge on any atom is 0.306 e. The maximum atomic E-state index is 11.8. The summed E-state index contributed by atoms with van der Waals surface area (Å²) in [6.07, 6.45) is 31.2. The van der Waals surface area contributed by atoms with Crippen molar-refractivity contribution in [2.24, 2.45) is 17.8 Å². The zero-order chi connectivity index (χ0) is 25.3. The summed E-state index contributed by atoms with van der Waals surface area (Å²) in [5.74, 6) is 0.825. The molecule has 2 unspecified atom stereocenters. The molecule has 34 heavy (non-hydrogen) atoms. The highest BCUT2D eigenvalue weighted by Gasteiger charge is 2.21. The van der Waals surface area contributed by atoms with Crippen molar-refractivity contribution >= 4 is 5.97 Å². The Hall–Kier alpha value is -0.530. The van der Waals surface area contributed by atoms with E-state index in [9.17, 15) is 9.90 Å². The molecule has 0 fully saturated rings. The van der Waals surface area contributed by atoms with E-state index in [1.165, 1.54) is 135 Å². The van der Waals surface area contributed by atoms with E-state index < -0.39 is 5.97 Å². The molecule has 204 valence electrons. The van der Waals surface area contributed by atoms with Crippen LogP contribution >= 0.6 is 0 Å². The molecule has 0 aliphatic rings. The summed E-state index contributed by atoms with van der Waals surface area (Å²) < 4.78 is 0. The van der Waals surface area contributed by atoms with E-state index in [4.69, 9.17) is 0 Å². The minimum absolute atomic E-state index is 0.113. The van der Waals surface area contributed by atoms with Crippen molar-refractivity contribution in [1.29, 1.82) is 0 Å². The van der Waals surface area contributed by atoms with Gasteiger partial charge in [0.25, 0.3) is 0 Å². The van der Waals surface area contributed by atoms with E-state index >= 15 is 0 Å². The van der Waals surface area contributed by atoms with Gasteiger partial charge in [-0.3, -0.25) is 4.79 Å². The summed E-state index contributed by atoms with van der Waals surface area (Å²) in [5, 5.41) is 9.71. The number of carboxylic acid groups (broad SMARTS) is 1. The normalized spacial score (nSPS) is 13.4. The van der Waals surface area contributed by atoms with Gasteiger partial charge in [-0.05, 0) is 24.7 Å². The summed E-state index contributed by atoms with van der Waals surface area (Å²) in [6, 6.07) is 0. The standard InChI is InChI=1S/C32H64O2/c1-5-7-21-26-30(24-6-2)28-31(32(33)34)27-23-20-18-16-14-12-10-8-9-11-13-15-17-19-22-25-29(3)4/h29-31H,5-28H2,1-4H3,(H,33,34). The van der Waals surface area contributed by atoms with Gasteiger partial charge in [-0.1, -0.05) is 169 Å². The van der Waals surface area contributed by atoms with Crippen molar-refractivity contribution in [3.8, 4) is 0 Å². The molecule has 2 heteroatoms. The first kappa shape index (κ1) is 33.5. The van der Waals surface area contributed by atoms with E-state index in [0.717, 1.165) is 25.2 Å². The molecule has 0 saturated carbocycles. The lowest BCUT2D eigenvalue weighted by Gasteiger charge is -2.21. The lowest BCUT2D eigenvalue weighted by atomic mass is 9.85. The SMILES string of the molecule is CCCCCC(CCC)CC(CCCCCCCCCCCCCCCCCC(C)C)C(=O)O. The zero-order valence-corrected chi connectivity index (χ0v) is 24.1. The Morgan fingerprint density at radius 2 is 0.941 bits per heavy atom. The number of unbranched alkanes of at least 4 members (excludes halogenated alkanes) is 16. The summed E-state index contributed by atoms with van der Waals surface area (Å²) in [7, 11) is 0. The van der Waals surface area contributed by atoms with Gasteiger partial charge in [0.2, 0.25) is 0 Å². The van der Waals surface area contributed by atoms with Crippen LogP contribution in [0.25, 0.3) is 0 Å². The third-order valence-corrected chi connectivity index (χ3v) is 7.71. The first-order valence-corrected chi connectivity index (χ1v) is 15.7. The van der Waals surface area contributed by atoms with Crippen molar-refractivity contribution < 1.29 is 9.90 Å². The fourth-order valence-corrected chi connectivity index (χ4v) is 5.46. The third-order valence-electron chi connectivity index (χ3n) is 7.71. The minimum Gasteiger partial charge on any atom is -0.481 e. The molecule has 0 amide bonds. The van der Waals surface area contributed by atoms with Crippen molar-refractivity contribution in [2.45, 2.75) is 182 Å². The lowest BCUT2D eigenvalue weighted by molar-refractivity contribution is -0.142. The molecule has 0 aromatic rings. The fourth-order valence-electron chi connectivity index (χ4n) is 5.46. The van der Waals surface area contributed by atoms with Gasteiger partial charge >= 0.3 is 5.97 Å². The molecule has 0 heterocycles. The van der Waals surface area contributed by atoms with E-state index in [0.29, 0.717) is 5.92 Å². The third kappa shape index (κ3) is 23.2. The molecule has 0 spiro atoms.